The van der Waals surface area contributed by atoms with Crippen molar-refractivity contribution in [2.24, 2.45) is 0 Å². The Morgan fingerprint density at radius 3 is 2.83 bits per heavy atom. The van der Waals surface area contributed by atoms with Crippen LogP contribution in [0.5, 0.6) is 0 Å². The average Bonchev–Trinajstić information content (AvgIpc) is 3.12. The lowest BCUT2D eigenvalue weighted by Crippen LogP contribution is -2.15. The fraction of sp³-hybridized carbons (Fsp3) is 0.143. The van der Waals surface area contributed by atoms with Crippen LogP contribution in [0.25, 0.3) is 16.7 Å². The Morgan fingerprint density at radius 2 is 2.07 bits per heavy atom. The number of imidazole rings is 1. The zero-order valence-corrected chi connectivity index (χ0v) is 17.1. The van der Waals surface area contributed by atoms with Crippen molar-refractivity contribution < 1.29 is 4.39 Å². The van der Waals surface area contributed by atoms with E-state index in [-0.39, 0.29) is 23.2 Å². The minimum Gasteiger partial charge on any atom is -0.382 e. The third-order valence-corrected chi connectivity index (χ3v) is 5.41. The van der Waals surface area contributed by atoms with E-state index in [2.05, 4.69) is 26.3 Å². The number of nitrogens with two attached hydrogens (primary N) is 1. The molecule has 0 radical (unpaired) electrons. The Balaban J connectivity index is 1.86. The average molecular weight is 419 g/mol. The van der Waals surface area contributed by atoms with Crippen LogP contribution < -0.4 is 11.1 Å². The van der Waals surface area contributed by atoms with Crippen molar-refractivity contribution >= 4 is 34.4 Å². The van der Waals surface area contributed by atoms with E-state index in [1.54, 1.807) is 17.8 Å². The first-order valence-corrected chi connectivity index (χ1v) is 10.3. The molecule has 0 aliphatic heterocycles. The number of hydrogen-bond acceptors (Lipinski definition) is 7. The molecule has 2 heterocycles. The van der Waals surface area contributed by atoms with E-state index >= 15 is 0 Å². The van der Waals surface area contributed by atoms with Crippen molar-refractivity contribution in [3.8, 4) is 11.8 Å². The largest absolute Gasteiger partial charge is 0.382 e. The first-order valence-electron chi connectivity index (χ1n) is 9.11. The second-order valence-corrected chi connectivity index (χ2v) is 7.48. The normalized spacial score (nSPS) is 11.9. The van der Waals surface area contributed by atoms with Crippen LogP contribution in [0.4, 0.5) is 16.0 Å². The van der Waals surface area contributed by atoms with Gasteiger partial charge < -0.3 is 11.1 Å². The first-order chi connectivity index (χ1) is 14.5. The minimum absolute atomic E-state index is 0.102. The summed E-state index contributed by atoms with van der Waals surface area (Å²) in [6, 6.07) is 14.2. The maximum Gasteiger partial charge on any atom is 0.150 e. The lowest BCUT2D eigenvalue weighted by atomic mass is 10.2. The molecule has 0 saturated carbocycles. The lowest BCUT2D eigenvalue weighted by Gasteiger charge is -2.18. The van der Waals surface area contributed by atoms with E-state index < -0.39 is 0 Å². The number of hydrogen-bond donors (Lipinski definition) is 2. The zero-order valence-electron chi connectivity index (χ0n) is 16.3. The van der Waals surface area contributed by atoms with Gasteiger partial charge in [0.1, 0.15) is 41.2 Å². The van der Waals surface area contributed by atoms with Crippen molar-refractivity contribution in [2.75, 3.05) is 17.3 Å². The number of benzene rings is 2. The Bertz CT molecular complexity index is 1280. The first kappa shape index (κ1) is 19.7. The molecule has 4 aromatic rings. The molecule has 0 aliphatic rings. The molecule has 4 rings (SSSR count). The Kier molecular flexibility index (Phi) is 5.25. The minimum atomic E-state index is -0.361. The number of fused-ring (bicyclic) bond motifs is 1. The van der Waals surface area contributed by atoms with E-state index in [0.29, 0.717) is 17.2 Å². The molecule has 0 amide bonds. The SMILES string of the molecule is CSc1cccc(-n2c([C@H](C)Nc3ncnc(N)c3C#N)nc3cc(F)ccc32)c1. The van der Waals surface area contributed by atoms with Crippen molar-refractivity contribution in [3.05, 3.63) is 66.0 Å². The van der Waals surface area contributed by atoms with Crippen LogP contribution in [0, 0.1) is 17.1 Å². The highest BCUT2D eigenvalue weighted by atomic mass is 32.2. The molecular weight excluding hydrogens is 401 g/mol. The van der Waals surface area contributed by atoms with Gasteiger partial charge in [-0.25, -0.2) is 19.3 Å². The number of thioether (sulfide) groups is 1. The molecule has 2 aromatic heterocycles. The summed E-state index contributed by atoms with van der Waals surface area (Å²) in [5, 5.41) is 12.6. The third-order valence-electron chi connectivity index (χ3n) is 4.68. The molecule has 2 aromatic carbocycles. The van der Waals surface area contributed by atoms with Crippen LogP contribution in [-0.4, -0.2) is 25.8 Å². The summed E-state index contributed by atoms with van der Waals surface area (Å²) in [6.45, 7) is 1.89. The van der Waals surface area contributed by atoms with Crippen molar-refractivity contribution in [1.82, 2.24) is 19.5 Å². The highest BCUT2D eigenvalue weighted by molar-refractivity contribution is 7.98. The number of halogens is 1. The van der Waals surface area contributed by atoms with Gasteiger partial charge in [0, 0.05) is 16.6 Å². The summed E-state index contributed by atoms with van der Waals surface area (Å²) < 4.78 is 15.8. The predicted octanol–water partition coefficient (Wildman–Crippen LogP) is 4.30. The predicted molar refractivity (Wildman–Crippen MR) is 116 cm³/mol. The van der Waals surface area contributed by atoms with Gasteiger partial charge in [0.25, 0.3) is 0 Å². The Morgan fingerprint density at radius 1 is 1.23 bits per heavy atom. The molecule has 0 saturated heterocycles. The summed E-state index contributed by atoms with van der Waals surface area (Å²) in [4.78, 5) is 13.8. The van der Waals surface area contributed by atoms with Crippen LogP contribution in [0.15, 0.2) is 53.7 Å². The summed E-state index contributed by atoms with van der Waals surface area (Å²) in [7, 11) is 0. The second kappa shape index (κ2) is 8.00. The van der Waals surface area contributed by atoms with Gasteiger partial charge in [-0.2, -0.15) is 5.26 Å². The molecule has 150 valence electrons. The van der Waals surface area contributed by atoms with E-state index in [9.17, 15) is 9.65 Å². The monoisotopic (exact) mass is 419 g/mol. The zero-order chi connectivity index (χ0) is 21.3. The van der Waals surface area contributed by atoms with Gasteiger partial charge >= 0.3 is 0 Å². The topological polar surface area (TPSA) is 105 Å². The fourth-order valence-electron chi connectivity index (χ4n) is 3.27. The smallest absolute Gasteiger partial charge is 0.150 e. The summed E-state index contributed by atoms with van der Waals surface area (Å²) in [5.74, 6) is 0.716. The van der Waals surface area contributed by atoms with Crippen LogP contribution in [-0.2, 0) is 0 Å². The van der Waals surface area contributed by atoms with Gasteiger partial charge in [0.15, 0.2) is 0 Å². The molecule has 3 N–H and O–H groups in total. The lowest BCUT2D eigenvalue weighted by molar-refractivity contribution is 0.629. The van der Waals surface area contributed by atoms with Crippen molar-refractivity contribution in [3.63, 3.8) is 0 Å². The molecule has 0 fully saturated rings. The van der Waals surface area contributed by atoms with Gasteiger partial charge in [-0.15, -0.1) is 11.8 Å². The number of nitriles is 1. The van der Waals surface area contributed by atoms with Crippen LogP contribution in [0.3, 0.4) is 0 Å². The molecule has 0 bridgehead atoms. The number of nitrogen functional groups attached to an aromatic ring is 1. The number of aromatic nitrogens is 4. The second-order valence-electron chi connectivity index (χ2n) is 6.60. The summed E-state index contributed by atoms with van der Waals surface area (Å²) in [5.41, 5.74) is 8.19. The van der Waals surface area contributed by atoms with Gasteiger partial charge in [-0.3, -0.25) is 4.57 Å². The number of rotatable bonds is 5. The highest BCUT2D eigenvalue weighted by Gasteiger charge is 2.20. The van der Waals surface area contributed by atoms with Crippen molar-refractivity contribution in [1.29, 1.82) is 5.26 Å². The number of nitrogens with one attached hydrogen (secondary N) is 1. The van der Waals surface area contributed by atoms with Crippen molar-refractivity contribution in [2.45, 2.75) is 17.9 Å². The molecule has 0 spiro atoms. The van der Waals surface area contributed by atoms with Gasteiger partial charge in [-0.1, -0.05) is 6.07 Å². The maximum absolute atomic E-state index is 13.9. The molecule has 7 nitrogen and oxygen atoms in total. The highest BCUT2D eigenvalue weighted by Crippen LogP contribution is 2.30. The van der Waals surface area contributed by atoms with Crippen LogP contribution in [0.1, 0.15) is 24.4 Å². The van der Waals surface area contributed by atoms with E-state index in [1.165, 1.54) is 18.5 Å². The summed E-state index contributed by atoms with van der Waals surface area (Å²) >= 11 is 1.64. The maximum atomic E-state index is 13.9. The Labute approximate surface area is 176 Å². The number of nitrogens with zero attached hydrogens (tertiary/aromatic N) is 5. The van der Waals surface area contributed by atoms with E-state index in [0.717, 1.165) is 16.1 Å². The summed E-state index contributed by atoms with van der Waals surface area (Å²) in [6.07, 6.45) is 3.31. The number of anilines is 2. The van der Waals surface area contributed by atoms with Gasteiger partial charge in [0.05, 0.1) is 17.1 Å². The van der Waals surface area contributed by atoms with E-state index in [1.807, 2.05) is 42.0 Å². The van der Waals surface area contributed by atoms with Gasteiger partial charge in [0.2, 0.25) is 0 Å². The molecule has 0 aliphatic carbocycles. The molecule has 30 heavy (non-hydrogen) atoms. The van der Waals surface area contributed by atoms with Gasteiger partial charge in [-0.05, 0) is 43.5 Å². The standard InChI is InChI=1S/C21H18FN7S/c1-12(27-20-16(10-23)19(24)25-11-26-20)21-28-17-8-13(22)6-7-18(17)29(21)14-4-3-5-15(9-14)30-2/h3-9,11-12H,1-2H3,(H3,24,25,26,27)/t12-/m0/s1. The molecule has 0 unspecified atom stereocenters. The fourth-order valence-corrected chi connectivity index (χ4v) is 3.73. The van der Waals surface area contributed by atoms with Crippen LogP contribution >= 0.6 is 11.8 Å². The molecule has 1 atom stereocenters. The third kappa shape index (κ3) is 3.53. The quantitative estimate of drug-likeness (QED) is 0.465. The molecule has 9 heteroatoms. The van der Waals surface area contributed by atoms with Crippen LogP contribution in [0.2, 0.25) is 0 Å². The molecular formula is C21H18FN7S. The van der Waals surface area contributed by atoms with E-state index in [4.69, 9.17) is 5.73 Å². The Hall–Kier alpha value is -3.64.